The quantitative estimate of drug-likeness (QED) is 0.333. The number of aromatic amines is 1. The third-order valence-corrected chi connectivity index (χ3v) is 7.13. The summed E-state index contributed by atoms with van der Waals surface area (Å²) in [6, 6.07) is 2.51. The fourth-order valence-corrected chi connectivity index (χ4v) is 4.80. The molecule has 208 valence electrons. The summed E-state index contributed by atoms with van der Waals surface area (Å²) in [6.45, 7) is 6.89. The van der Waals surface area contributed by atoms with Gasteiger partial charge in [-0.1, -0.05) is 5.21 Å². The number of hydrogen-bond donors (Lipinski definition) is 2. The first-order valence-electron chi connectivity index (χ1n) is 13.1. The van der Waals surface area contributed by atoms with Crippen LogP contribution in [0.1, 0.15) is 43.5 Å². The number of aromatic nitrogens is 7. The minimum absolute atomic E-state index is 0.0275. The molecule has 4 heterocycles. The Labute approximate surface area is 229 Å². The van der Waals surface area contributed by atoms with E-state index in [0.717, 1.165) is 47.1 Å². The number of imidazole rings is 1. The monoisotopic (exact) mass is 549 g/mol. The lowest BCUT2D eigenvalue weighted by Crippen LogP contribution is -2.45. The molecule has 0 atom stereocenters. The molecule has 0 bridgehead atoms. The average molecular weight is 550 g/mol. The van der Waals surface area contributed by atoms with Gasteiger partial charge in [0.2, 0.25) is 11.9 Å². The van der Waals surface area contributed by atoms with Crippen molar-refractivity contribution in [2.75, 3.05) is 23.3 Å². The summed E-state index contributed by atoms with van der Waals surface area (Å²) < 4.78 is 33.9. The predicted octanol–water partition coefficient (Wildman–Crippen LogP) is 3.47. The van der Waals surface area contributed by atoms with Gasteiger partial charge in [-0.25, -0.2) is 28.4 Å². The van der Waals surface area contributed by atoms with Gasteiger partial charge in [0.15, 0.2) is 18.4 Å². The fourth-order valence-electron chi connectivity index (χ4n) is 4.80. The molecule has 1 aromatic carbocycles. The van der Waals surface area contributed by atoms with Crippen LogP contribution in [0.25, 0.3) is 11.3 Å². The highest BCUT2D eigenvalue weighted by molar-refractivity contribution is 5.75. The van der Waals surface area contributed by atoms with Crippen molar-refractivity contribution in [2.45, 2.75) is 52.3 Å². The van der Waals surface area contributed by atoms with Gasteiger partial charge in [0.05, 0.1) is 29.2 Å². The summed E-state index contributed by atoms with van der Waals surface area (Å²) >= 11 is 0. The Balaban J connectivity index is 1.01. The number of ether oxygens (including phenoxy) is 1. The SMILES string of the molecule is CC(C)(C)C(=O)OCn1cc(C2CN(c3ncc(-c4cnc(NC5Cc6cc(F)c(F)cc6C5)nc4)[nH]3)C2)nn1. The van der Waals surface area contributed by atoms with Crippen LogP contribution in [0.2, 0.25) is 0 Å². The summed E-state index contributed by atoms with van der Waals surface area (Å²) in [4.78, 5) is 30.7. The Hall–Kier alpha value is -4.42. The highest BCUT2D eigenvalue weighted by atomic mass is 19.2. The predicted molar refractivity (Wildman–Crippen MR) is 141 cm³/mol. The summed E-state index contributed by atoms with van der Waals surface area (Å²) in [5.74, 6) is -0.548. The van der Waals surface area contributed by atoms with Gasteiger partial charge in [-0.15, -0.1) is 5.10 Å². The molecule has 2 N–H and O–H groups in total. The second-order valence-corrected chi connectivity index (χ2v) is 11.3. The van der Waals surface area contributed by atoms with Crippen molar-refractivity contribution >= 4 is 17.9 Å². The third kappa shape index (κ3) is 5.23. The fraction of sp³-hybridized carbons (Fsp3) is 0.407. The topological polar surface area (TPSA) is 127 Å². The summed E-state index contributed by atoms with van der Waals surface area (Å²) in [5.41, 5.74) is 3.45. The molecule has 0 amide bonds. The number of nitrogens with zero attached hydrogens (tertiary/aromatic N) is 7. The molecule has 0 radical (unpaired) electrons. The van der Waals surface area contributed by atoms with Crippen molar-refractivity contribution in [3.8, 4) is 11.3 Å². The van der Waals surface area contributed by atoms with Gasteiger partial charge in [-0.05, 0) is 56.9 Å². The van der Waals surface area contributed by atoms with E-state index < -0.39 is 17.0 Å². The first kappa shape index (κ1) is 25.8. The van der Waals surface area contributed by atoms with Crippen LogP contribution in [0.3, 0.4) is 0 Å². The first-order valence-corrected chi connectivity index (χ1v) is 13.1. The van der Waals surface area contributed by atoms with E-state index in [-0.39, 0.29) is 24.7 Å². The van der Waals surface area contributed by atoms with Crippen LogP contribution in [0, 0.1) is 17.0 Å². The van der Waals surface area contributed by atoms with Crippen molar-refractivity contribution in [3.05, 3.63) is 65.4 Å². The molecular formula is C27H29F2N9O2. The van der Waals surface area contributed by atoms with Crippen LogP contribution < -0.4 is 10.2 Å². The second-order valence-electron chi connectivity index (χ2n) is 11.3. The Morgan fingerprint density at radius 3 is 2.40 bits per heavy atom. The smallest absolute Gasteiger partial charge is 0.313 e. The maximum atomic E-state index is 13.5. The van der Waals surface area contributed by atoms with Gasteiger partial charge in [0, 0.05) is 43.0 Å². The number of benzene rings is 1. The van der Waals surface area contributed by atoms with Gasteiger partial charge in [-0.3, -0.25) is 4.79 Å². The van der Waals surface area contributed by atoms with E-state index in [2.05, 4.69) is 40.5 Å². The van der Waals surface area contributed by atoms with E-state index in [9.17, 15) is 13.6 Å². The van der Waals surface area contributed by atoms with Crippen LogP contribution in [0.5, 0.6) is 0 Å². The maximum Gasteiger partial charge on any atom is 0.313 e. The molecule has 0 saturated carbocycles. The molecule has 0 unspecified atom stereocenters. The Morgan fingerprint density at radius 1 is 1.07 bits per heavy atom. The molecule has 3 aromatic heterocycles. The zero-order valence-corrected chi connectivity index (χ0v) is 22.4. The molecule has 0 spiro atoms. The van der Waals surface area contributed by atoms with E-state index in [1.165, 1.54) is 16.8 Å². The van der Waals surface area contributed by atoms with Gasteiger partial charge >= 0.3 is 5.97 Å². The number of carbonyl (C=O) groups excluding carboxylic acids is 1. The van der Waals surface area contributed by atoms with Gasteiger partial charge in [0.1, 0.15) is 0 Å². The van der Waals surface area contributed by atoms with Crippen LogP contribution in [-0.4, -0.2) is 60.0 Å². The number of anilines is 2. The zero-order valence-electron chi connectivity index (χ0n) is 22.4. The lowest BCUT2D eigenvalue weighted by molar-refractivity contribution is -0.157. The molecule has 13 heteroatoms. The van der Waals surface area contributed by atoms with E-state index >= 15 is 0 Å². The van der Waals surface area contributed by atoms with Crippen molar-refractivity contribution in [1.29, 1.82) is 0 Å². The molecule has 1 fully saturated rings. The summed E-state index contributed by atoms with van der Waals surface area (Å²) in [6.07, 6.45) is 8.12. The Morgan fingerprint density at radius 2 is 1.75 bits per heavy atom. The minimum atomic E-state index is -0.823. The molecule has 1 aliphatic heterocycles. The van der Waals surface area contributed by atoms with Gasteiger partial charge in [-0.2, -0.15) is 0 Å². The second kappa shape index (κ2) is 9.96. The van der Waals surface area contributed by atoms with Gasteiger partial charge < -0.3 is 19.9 Å². The highest BCUT2D eigenvalue weighted by Crippen LogP contribution is 2.31. The first-order chi connectivity index (χ1) is 19.1. The number of H-pyrrole nitrogens is 1. The molecule has 40 heavy (non-hydrogen) atoms. The number of esters is 1. The van der Waals surface area contributed by atoms with Crippen molar-refractivity contribution in [1.82, 2.24) is 34.9 Å². The number of halogens is 2. The third-order valence-electron chi connectivity index (χ3n) is 7.13. The number of nitrogens with one attached hydrogen (secondary N) is 2. The standard InChI is InChI=1S/C27H29F2N9O2/c1-27(2,3)24(39)40-14-38-13-23(35-36-38)18-11-37(12-18)26-32-10-22(34-26)17-8-30-25(31-9-17)33-19-4-15-6-20(28)21(29)7-16(15)5-19/h6-10,13,18-19H,4-5,11-12,14H2,1-3H3,(H,32,34)(H,30,31,33). The molecular weight excluding hydrogens is 520 g/mol. The van der Waals surface area contributed by atoms with Crippen molar-refractivity contribution < 1.29 is 18.3 Å². The molecule has 2 aliphatic rings. The average Bonchev–Trinajstić information content (AvgIpc) is 3.63. The Kier molecular flexibility index (Phi) is 6.43. The maximum absolute atomic E-state index is 13.5. The van der Waals surface area contributed by atoms with Gasteiger partial charge in [0.25, 0.3) is 0 Å². The molecule has 4 aromatic rings. The summed E-state index contributed by atoms with van der Waals surface area (Å²) in [5, 5.41) is 11.6. The van der Waals surface area contributed by atoms with Crippen LogP contribution in [0.15, 0.2) is 36.9 Å². The zero-order chi connectivity index (χ0) is 28.0. The van der Waals surface area contributed by atoms with Crippen LogP contribution >= 0.6 is 0 Å². The van der Waals surface area contributed by atoms with Crippen molar-refractivity contribution in [2.24, 2.45) is 5.41 Å². The summed E-state index contributed by atoms with van der Waals surface area (Å²) in [7, 11) is 0. The largest absolute Gasteiger partial charge is 0.442 e. The van der Waals surface area contributed by atoms with E-state index in [1.54, 1.807) is 45.6 Å². The lowest BCUT2D eigenvalue weighted by atomic mass is 9.97. The Bertz CT molecular complexity index is 1510. The number of carbonyl (C=O) groups is 1. The van der Waals surface area contributed by atoms with E-state index in [0.29, 0.717) is 18.8 Å². The lowest BCUT2D eigenvalue weighted by Gasteiger charge is -2.37. The molecule has 6 rings (SSSR count). The molecule has 11 nitrogen and oxygen atoms in total. The normalized spacial score (nSPS) is 15.7. The number of fused-ring (bicyclic) bond motifs is 1. The van der Waals surface area contributed by atoms with Crippen LogP contribution in [0.4, 0.5) is 20.7 Å². The number of rotatable bonds is 7. The number of hydrogen-bond acceptors (Lipinski definition) is 9. The van der Waals surface area contributed by atoms with Crippen molar-refractivity contribution in [3.63, 3.8) is 0 Å². The highest BCUT2D eigenvalue weighted by Gasteiger charge is 2.32. The minimum Gasteiger partial charge on any atom is -0.442 e. The van der Waals surface area contributed by atoms with Crippen LogP contribution in [-0.2, 0) is 29.1 Å². The van der Waals surface area contributed by atoms with E-state index in [4.69, 9.17) is 4.74 Å². The van der Waals surface area contributed by atoms with E-state index in [1.807, 2.05) is 0 Å². The molecule has 1 saturated heterocycles. The molecule has 1 aliphatic carbocycles.